The zero-order valence-corrected chi connectivity index (χ0v) is 15.1. The van der Waals surface area contributed by atoms with Crippen LogP contribution < -0.4 is 10.2 Å². The van der Waals surface area contributed by atoms with E-state index in [4.69, 9.17) is 9.84 Å². The van der Waals surface area contributed by atoms with Gasteiger partial charge in [0.2, 0.25) is 0 Å². The summed E-state index contributed by atoms with van der Waals surface area (Å²) in [6.45, 7) is 0.198. The average Bonchev–Trinajstić information content (AvgIpc) is 2.73. The molecule has 0 bridgehead atoms. The van der Waals surface area contributed by atoms with Crippen molar-refractivity contribution in [2.45, 2.75) is 6.61 Å². The molecule has 146 valence electrons. The molecule has 0 fully saturated rings. The van der Waals surface area contributed by atoms with E-state index in [1.165, 1.54) is 24.4 Å². The van der Waals surface area contributed by atoms with Gasteiger partial charge in [-0.3, -0.25) is 15.5 Å². The molecule has 9 nitrogen and oxygen atoms in total. The van der Waals surface area contributed by atoms with E-state index >= 15 is 0 Å². The third-order valence-electron chi connectivity index (χ3n) is 3.83. The van der Waals surface area contributed by atoms with Crippen molar-refractivity contribution in [1.29, 1.82) is 0 Å². The van der Waals surface area contributed by atoms with Gasteiger partial charge in [-0.15, -0.1) is 0 Å². The molecule has 0 unspecified atom stereocenters. The normalized spacial score (nSPS) is 10.6. The van der Waals surface area contributed by atoms with Gasteiger partial charge in [0, 0.05) is 11.6 Å². The van der Waals surface area contributed by atoms with E-state index in [1.807, 2.05) is 12.1 Å². The van der Waals surface area contributed by atoms with Crippen molar-refractivity contribution < 1.29 is 19.6 Å². The number of nitro groups is 1. The van der Waals surface area contributed by atoms with Crippen LogP contribution in [0.15, 0.2) is 72.0 Å². The fourth-order valence-corrected chi connectivity index (χ4v) is 2.40. The quantitative estimate of drug-likeness (QED) is 0.340. The maximum atomic E-state index is 11.1. The molecule has 1 heterocycles. The predicted octanol–water partition coefficient (Wildman–Crippen LogP) is 3.71. The monoisotopic (exact) mass is 392 g/mol. The molecular formula is C20H16N4O5. The molecule has 0 aliphatic carbocycles. The minimum absolute atomic E-state index is 0.106. The Bertz CT molecular complexity index is 1050. The number of nitrogens with zero attached hydrogens (tertiary/aromatic N) is 3. The van der Waals surface area contributed by atoms with Crippen LogP contribution in [0.25, 0.3) is 0 Å². The summed E-state index contributed by atoms with van der Waals surface area (Å²) < 4.78 is 5.80. The molecule has 0 aliphatic heterocycles. The van der Waals surface area contributed by atoms with Crippen molar-refractivity contribution in [2.75, 3.05) is 5.43 Å². The number of hydrazone groups is 1. The Morgan fingerprint density at radius 1 is 1.21 bits per heavy atom. The summed E-state index contributed by atoms with van der Waals surface area (Å²) in [7, 11) is 0. The molecule has 1 aromatic heterocycles. The SMILES string of the molecule is O=C(O)c1cccc(COc2ccccc2/C=N/Nc2ccc([N+](=O)[O-])cn2)c1. The Labute approximate surface area is 165 Å². The second-order valence-electron chi connectivity index (χ2n) is 5.86. The maximum Gasteiger partial charge on any atom is 0.335 e. The highest BCUT2D eigenvalue weighted by molar-refractivity contribution is 5.87. The summed E-state index contributed by atoms with van der Waals surface area (Å²) in [5.41, 5.74) is 4.20. The molecular weight excluding hydrogens is 376 g/mol. The van der Waals surface area contributed by atoms with Crippen molar-refractivity contribution in [1.82, 2.24) is 4.98 Å². The second kappa shape index (κ2) is 9.09. The van der Waals surface area contributed by atoms with E-state index in [0.717, 1.165) is 11.8 Å². The van der Waals surface area contributed by atoms with Crippen LogP contribution in [0.4, 0.5) is 11.5 Å². The molecule has 29 heavy (non-hydrogen) atoms. The largest absolute Gasteiger partial charge is 0.488 e. The number of rotatable bonds is 8. The zero-order chi connectivity index (χ0) is 20.6. The number of carboxylic acids is 1. The van der Waals surface area contributed by atoms with Gasteiger partial charge >= 0.3 is 5.97 Å². The molecule has 0 spiro atoms. The lowest BCUT2D eigenvalue weighted by Gasteiger charge is -2.09. The number of hydrogen-bond acceptors (Lipinski definition) is 7. The van der Waals surface area contributed by atoms with E-state index in [2.05, 4.69) is 15.5 Å². The van der Waals surface area contributed by atoms with Gasteiger partial charge < -0.3 is 9.84 Å². The van der Waals surface area contributed by atoms with Gasteiger partial charge in [0.05, 0.1) is 16.7 Å². The van der Waals surface area contributed by atoms with Crippen molar-refractivity contribution in [3.63, 3.8) is 0 Å². The number of nitrogens with one attached hydrogen (secondary N) is 1. The molecule has 0 saturated carbocycles. The third kappa shape index (κ3) is 5.36. The molecule has 3 rings (SSSR count). The fourth-order valence-electron chi connectivity index (χ4n) is 2.40. The van der Waals surface area contributed by atoms with Crippen molar-refractivity contribution >= 4 is 23.7 Å². The van der Waals surface area contributed by atoms with E-state index in [-0.39, 0.29) is 17.9 Å². The molecule has 2 N–H and O–H groups in total. The highest BCUT2D eigenvalue weighted by atomic mass is 16.6. The van der Waals surface area contributed by atoms with Crippen molar-refractivity contribution in [2.24, 2.45) is 5.10 Å². The average molecular weight is 392 g/mol. The molecule has 2 aromatic carbocycles. The zero-order valence-electron chi connectivity index (χ0n) is 15.1. The van der Waals surface area contributed by atoms with Gasteiger partial charge in [-0.1, -0.05) is 24.3 Å². The summed E-state index contributed by atoms with van der Waals surface area (Å²) in [5, 5.41) is 23.8. The third-order valence-corrected chi connectivity index (χ3v) is 3.83. The molecule has 0 atom stereocenters. The number of hydrogen-bond donors (Lipinski definition) is 2. The molecule has 0 amide bonds. The lowest BCUT2D eigenvalue weighted by molar-refractivity contribution is -0.385. The lowest BCUT2D eigenvalue weighted by atomic mass is 10.1. The number of para-hydroxylation sites is 1. The van der Waals surface area contributed by atoms with Crippen LogP contribution >= 0.6 is 0 Å². The van der Waals surface area contributed by atoms with Gasteiger partial charge in [-0.2, -0.15) is 5.10 Å². The summed E-state index contributed by atoms with van der Waals surface area (Å²) in [6, 6.07) is 16.5. The first-order valence-corrected chi connectivity index (χ1v) is 8.46. The molecule has 9 heteroatoms. The molecule has 0 saturated heterocycles. The summed E-state index contributed by atoms with van der Waals surface area (Å²) >= 11 is 0. The first-order chi connectivity index (χ1) is 14.0. The Kier molecular flexibility index (Phi) is 6.11. The summed E-state index contributed by atoms with van der Waals surface area (Å²) in [6.07, 6.45) is 2.67. The summed E-state index contributed by atoms with van der Waals surface area (Å²) in [5.74, 6) is -0.0727. The topological polar surface area (TPSA) is 127 Å². The second-order valence-corrected chi connectivity index (χ2v) is 5.86. The first kappa shape index (κ1) is 19.5. The van der Waals surface area contributed by atoms with Gasteiger partial charge in [0.15, 0.2) is 0 Å². The van der Waals surface area contributed by atoms with Crippen LogP contribution in [0, 0.1) is 10.1 Å². The van der Waals surface area contributed by atoms with Crippen LogP contribution in [0.2, 0.25) is 0 Å². The predicted molar refractivity (Wildman–Crippen MR) is 106 cm³/mol. The Balaban J connectivity index is 1.65. The van der Waals surface area contributed by atoms with Gasteiger partial charge in [-0.05, 0) is 35.9 Å². The highest BCUT2D eigenvalue weighted by Crippen LogP contribution is 2.18. The number of benzene rings is 2. The molecule has 0 radical (unpaired) electrons. The molecule has 3 aromatic rings. The Morgan fingerprint density at radius 3 is 2.76 bits per heavy atom. The van der Waals surface area contributed by atoms with Gasteiger partial charge in [-0.25, -0.2) is 9.78 Å². The van der Waals surface area contributed by atoms with E-state index in [9.17, 15) is 14.9 Å². The Hall–Kier alpha value is -4.27. The van der Waals surface area contributed by atoms with Crippen LogP contribution in [-0.4, -0.2) is 27.2 Å². The van der Waals surface area contributed by atoms with Crippen LogP contribution in [0.5, 0.6) is 5.75 Å². The number of aromatic carboxylic acids is 1. The first-order valence-electron chi connectivity index (χ1n) is 8.46. The number of aromatic nitrogens is 1. The van der Waals surface area contributed by atoms with E-state index < -0.39 is 10.9 Å². The van der Waals surface area contributed by atoms with Crippen LogP contribution in [-0.2, 0) is 6.61 Å². The standard InChI is InChI=1S/C20H16N4O5/c25-20(26)15-6-3-4-14(10-15)13-29-18-7-2-1-5-16(18)11-22-23-19-9-8-17(12-21-19)24(27)28/h1-12H,13H2,(H,21,23)(H,25,26)/b22-11+. The minimum atomic E-state index is -0.995. The van der Waals surface area contributed by atoms with Crippen LogP contribution in [0.3, 0.4) is 0 Å². The lowest BCUT2D eigenvalue weighted by Crippen LogP contribution is -2.02. The number of anilines is 1. The number of carboxylic acid groups (broad SMARTS) is 1. The van der Waals surface area contributed by atoms with Gasteiger partial charge in [0.1, 0.15) is 24.4 Å². The Morgan fingerprint density at radius 2 is 2.03 bits per heavy atom. The van der Waals surface area contributed by atoms with Crippen LogP contribution in [0.1, 0.15) is 21.5 Å². The number of ether oxygens (including phenoxy) is 1. The van der Waals surface area contributed by atoms with Crippen molar-refractivity contribution in [3.8, 4) is 5.75 Å². The van der Waals surface area contributed by atoms with E-state index in [0.29, 0.717) is 17.1 Å². The highest BCUT2D eigenvalue weighted by Gasteiger charge is 2.06. The van der Waals surface area contributed by atoms with E-state index in [1.54, 1.807) is 30.3 Å². The minimum Gasteiger partial charge on any atom is -0.488 e. The fraction of sp³-hybridized carbons (Fsp3) is 0.0500. The summed E-state index contributed by atoms with van der Waals surface area (Å²) in [4.78, 5) is 25.1. The van der Waals surface area contributed by atoms with Gasteiger partial charge in [0.25, 0.3) is 5.69 Å². The number of carbonyl (C=O) groups is 1. The molecule has 0 aliphatic rings. The maximum absolute atomic E-state index is 11.1. The smallest absolute Gasteiger partial charge is 0.335 e. The number of pyridine rings is 1. The van der Waals surface area contributed by atoms with Crippen molar-refractivity contribution in [3.05, 3.63) is 93.7 Å².